The zero-order valence-corrected chi connectivity index (χ0v) is 12.5. The normalized spacial score (nSPS) is 15.0. The molecule has 1 aromatic carbocycles. The highest BCUT2D eigenvalue weighted by Gasteiger charge is 2.19. The SMILES string of the molecule is Cc1c(C(=O)NCCN2CCCOC2=O)[nH]c2ccccc12. The fourth-order valence-electron chi connectivity index (χ4n) is 2.70. The number of amides is 2. The smallest absolute Gasteiger partial charge is 0.409 e. The summed E-state index contributed by atoms with van der Waals surface area (Å²) in [5.41, 5.74) is 2.46. The van der Waals surface area contributed by atoms with Gasteiger partial charge in [-0.1, -0.05) is 18.2 Å². The monoisotopic (exact) mass is 301 g/mol. The average Bonchev–Trinajstić information content (AvgIpc) is 2.87. The van der Waals surface area contributed by atoms with E-state index in [9.17, 15) is 9.59 Å². The summed E-state index contributed by atoms with van der Waals surface area (Å²) in [5, 5.41) is 3.90. The third-order valence-electron chi connectivity index (χ3n) is 3.92. The summed E-state index contributed by atoms with van der Waals surface area (Å²) < 4.78 is 4.96. The minimum Gasteiger partial charge on any atom is -0.449 e. The second kappa shape index (κ2) is 6.09. The van der Waals surface area contributed by atoms with Gasteiger partial charge in [0.1, 0.15) is 5.69 Å². The maximum atomic E-state index is 12.3. The first-order valence-corrected chi connectivity index (χ1v) is 7.44. The van der Waals surface area contributed by atoms with Crippen LogP contribution in [0.25, 0.3) is 10.9 Å². The summed E-state index contributed by atoms with van der Waals surface area (Å²) in [4.78, 5) is 28.5. The zero-order chi connectivity index (χ0) is 15.5. The molecule has 2 aromatic rings. The van der Waals surface area contributed by atoms with Gasteiger partial charge in [0.15, 0.2) is 0 Å². The molecule has 6 heteroatoms. The van der Waals surface area contributed by atoms with Crippen LogP contribution in [0.3, 0.4) is 0 Å². The number of rotatable bonds is 4. The van der Waals surface area contributed by atoms with Crippen molar-refractivity contribution in [3.05, 3.63) is 35.5 Å². The van der Waals surface area contributed by atoms with Crippen LogP contribution in [0.5, 0.6) is 0 Å². The number of ether oxygens (including phenoxy) is 1. The molecule has 0 spiro atoms. The summed E-state index contributed by atoms with van der Waals surface area (Å²) in [5.74, 6) is -0.154. The van der Waals surface area contributed by atoms with E-state index in [1.54, 1.807) is 4.90 Å². The van der Waals surface area contributed by atoms with Gasteiger partial charge < -0.3 is 19.9 Å². The van der Waals surface area contributed by atoms with Crippen molar-refractivity contribution in [2.45, 2.75) is 13.3 Å². The second-order valence-electron chi connectivity index (χ2n) is 5.38. The number of aryl methyl sites for hydroxylation is 1. The third-order valence-corrected chi connectivity index (χ3v) is 3.92. The lowest BCUT2D eigenvalue weighted by Crippen LogP contribution is -2.42. The molecule has 0 bridgehead atoms. The lowest BCUT2D eigenvalue weighted by atomic mass is 10.1. The molecule has 1 aliphatic rings. The van der Waals surface area contributed by atoms with Crippen LogP contribution in [0.1, 0.15) is 22.5 Å². The Kier molecular flexibility index (Phi) is 4.00. The Morgan fingerprint density at radius 2 is 2.23 bits per heavy atom. The van der Waals surface area contributed by atoms with Crippen LogP contribution in [-0.2, 0) is 4.74 Å². The first kappa shape index (κ1) is 14.4. The van der Waals surface area contributed by atoms with E-state index in [1.807, 2.05) is 31.2 Å². The van der Waals surface area contributed by atoms with Gasteiger partial charge in [0.2, 0.25) is 0 Å². The number of hydrogen-bond donors (Lipinski definition) is 2. The molecule has 2 amide bonds. The van der Waals surface area contributed by atoms with Gasteiger partial charge >= 0.3 is 6.09 Å². The number of aromatic nitrogens is 1. The Morgan fingerprint density at radius 3 is 3.00 bits per heavy atom. The van der Waals surface area contributed by atoms with Crippen molar-refractivity contribution in [3.8, 4) is 0 Å². The molecule has 0 atom stereocenters. The predicted molar refractivity (Wildman–Crippen MR) is 82.9 cm³/mol. The first-order valence-electron chi connectivity index (χ1n) is 7.44. The molecule has 0 saturated carbocycles. The van der Waals surface area contributed by atoms with Crippen LogP contribution in [0, 0.1) is 6.92 Å². The number of cyclic esters (lactones) is 1. The van der Waals surface area contributed by atoms with E-state index >= 15 is 0 Å². The van der Waals surface area contributed by atoms with Crippen molar-refractivity contribution >= 4 is 22.9 Å². The maximum Gasteiger partial charge on any atom is 0.409 e. The number of para-hydroxylation sites is 1. The predicted octanol–water partition coefficient (Wildman–Crippen LogP) is 2.05. The number of benzene rings is 1. The molecule has 6 nitrogen and oxygen atoms in total. The number of aromatic amines is 1. The summed E-state index contributed by atoms with van der Waals surface area (Å²) >= 11 is 0. The number of fused-ring (bicyclic) bond motifs is 1. The van der Waals surface area contributed by atoms with Crippen LogP contribution < -0.4 is 5.32 Å². The zero-order valence-electron chi connectivity index (χ0n) is 12.5. The molecule has 2 N–H and O–H groups in total. The van der Waals surface area contributed by atoms with E-state index in [1.165, 1.54) is 0 Å². The highest BCUT2D eigenvalue weighted by molar-refractivity contribution is 6.00. The molecule has 0 radical (unpaired) electrons. The topological polar surface area (TPSA) is 74.4 Å². The highest BCUT2D eigenvalue weighted by Crippen LogP contribution is 2.21. The van der Waals surface area contributed by atoms with Gasteiger partial charge in [0.25, 0.3) is 5.91 Å². The van der Waals surface area contributed by atoms with Crippen LogP contribution in [-0.4, -0.2) is 48.1 Å². The standard InChI is InChI=1S/C16H19N3O3/c1-11-12-5-2-3-6-13(12)18-14(11)15(20)17-7-9-19-8-4-10-22-16(19)21/h2-3,5-6,18H,4,7-10H2,1H3,(H,17,20). The van der Waals surface area contributed by atoms with Gasteiger partial charge in [-0.05, 0) is 25.0 Å². The quantitative estimate of drug-likeness (QED) is 0.907. The van der Waals surface area contributed by atoms with Crippen molar-refractivity contribution in [2.24, 2.45) is 0 Å². The lowest BCUT2D eigenvalue weighted by molar-refractivity contribution is 0.0719. The maximum absolute atomic E-state index is 12.3. The van der Waals surface area contributed by atoms with Crippen LogP contribution in [0.4, 0.5) is 4.79 Å². The molecule has 1 aromatic heterocycles. The molecular formula is C16H19N3O3. The van der Waals surface area contributed by atoms with Crippen LogP contribution in [0.2, 0.25) is 0 Å². The molecule has 0 unspecified atom stereocenters. The molecule has 1 saturated heterocycles. The molecule has 2 heterocycles. The average molecular weight is 301 g/mol. The summed E-state index contributed by atoms with van der Waals surface area (Å²) in [7, 11) is 0. The second-order valence-corrected chi connectivity index (χ2v) is 5.38. The highest BCUT2D eigenvalue weighted by atomic mass is 16.6. The molecule has 116 valence electrons. The van der Waals surface area contributed by atoms with Gasteiger partial charge in [-0.3, -0.25) is 4.79 Å². The van der Waals surface area contributed by atoms with Gasteiger partial charge in [0.05, 0.1) is 6.61 Å². The molecule has 22 heavy (non-hydrogen) atoms. The van der Waals surface area contributed by atoms with Gasteiger partial charge in [0, 0.05) is 30.5 Å². The number of carbonyl (C=O) groups excluding carboxylic acids is 2. The van der Waals surface area contributed by atoms with Gasteiger partial charge in [-0.25, -0.2) is 4.79 Å². The number of nitrogens with zero attached hydrogens (tertiary/aromatic N) is 1. The Balaban J connectivity index is 1.61. The largest absolute Gasteiger partial charge is 0.449 e. The molecule has 3 rings (SSSR count). The van der Waals surface area contributed by atoms with Crippen LogP contribution in [0.15, 0.2) is 24.3 Å². The number of H-pyrrole nitrogens is 1. The fourth-order valence-corrected chi connectivity index (χ4v) is 2.70. The number of nitrogens with one attached hydrogen (secondary N) is 2. The van der Waals surface area contributed by atoms with Crippen molar-refractivity contribution in [1.29, 1.82) is 0 Å². The van der Waals surface area contributed by atoms with E-state index in [4.69, 9.17) is 4.74 Å². The molecule has 0 aliphatic carbocycles. The minimum atomic E-state index is -0.303. The lowest BCUT2D eigenvalue weighted by Gasteiger charge is -2.26. The van der Waals surface area contributed by atoms with Gasteiger partial charge in [-0.15, -0.1) is 0 Å². The molecule has 1 aliphatic heterocycles. The van der Waals surface area contributed by atoms with E-state index in [0.29, 0.717) is 31.9 Å². The van der Waals surface area contributed by atoms with Crippen molar-refractivity contribution < 1.29 is 14.3 Å². The molecular weight excluding hydrogens is 282 g/mol. The van der Waals surface area contributed by atoms with E-state index in [0.717, 1.165) is 22.9 Å². The van der Waals surface area contributed by atoms with Crippen molar-refractivity contribution in [3.63, 3.8) is 0 Å². The third kappa shape index (κ3) is 2.77. The minimum absolute atomic E-state index is 0.154. The van der Waals surface area contributed by atoms with Crippen LogP contribution >= 0.6 is 0 Å². The van der Waals surface area contributed by atoms with Crippen molar-refractivity contribution in [1.82, 2.24) is 15.2 Å². The molecule has 1 fully saturated rings. The van der Waals surface area contributed by atoms with E-state index in [2.05, 4.69) is 10.3 Å². The van der Waals surface area contributed by atoms with Gasteiger partial charge in [-0.2, -0.15) is 0 Å². The van der Waals surface area contributed by atoms with E-state index in [-0.39, 0.29) is 12.0 Å². The van der Waals surface area contributed by atoms with Crippen molar-refractivity contribution in [2.75, 3.05) is 26.2 Å². The summed E-state index contributed by atoms with van der Waals surface area (Å²) in [6, 6.07) is 7.82. The Bertz CT molecular complexity index is 708. The fraction of sp³-hybridized carbons (Fsp3) is 0.375. The number of carbonyl (C=O) groups is 2. The first-order chi connectivity index (χ1) is 10.7. The Labute approximate surface area is 128 Å². The summed E-state index contributed by atoms with van der Waals surface area (Å²) in [6.45, 7) is 3.96. The summed E-state index contributed by atoms with van der Waals surface area (Å²) in [6.07, 6.45) is 0.531. The Hall–Kier alpha value is -2.50. The van der Waals surface area contributed by atoms with E-state index < -0.39 is 0 Å². The Morgan fingerprint density at radius 1 is 1.41 bits per heavy atom. The number of hydrogen-bond acceptors (Lipinski definition) is 3.